The molecule has 33 heavy (non-hydrogen) atoms. The van der Waals surface area contributed by atoms with Crippen LogP contribution in [0.15, 0.2) is 48.5 Å². The third-order valence-corrected chi connectivity index (χ3v) is 5.76. The van der Waals surface area contributed by atoms with Gasteiger partial charge < -0.3 is 10.1 Å². The molecule has 1 fully saturated rings. The van der Waals surface area contributed by atoms with Crippen molar-refractivity contribution in [1.82, 2.24) is 21.1 Å². The van der Waals surface area contributed by atoms with E-state index < -0.39 is 35.8 Å². The fourth-order valence-corrected chi connectivity index (χ4v) is 4.29. The van der Waals surface area contributed by atoms with Crippen molar-refractivity contribution in [3.63, 3.8) is 0 Å². The predicted molar refractivity (Wildman–Crippen MR) is 119 cm³/mol. The molecule has 5 amide bonds. The van der Waals surface area contributed by atoms with E-state index in [2.05, 4.69) is 16.2 Å². The molecule has 2 aromatic rings. The fraction of sp³-hybridized carbons (Fsp3) is 0.333. The van der Waals surface area contributed by atoms with Gasteiger partial charge in [-0.05, 0) is 68.5 Å². The molecule has 0 saturated carbocycles. The van der Waals surface area contributed by atoms with Crippen molar-refractivity contribution < 1.29 is 23.9 Å². The predicted octanol–water partition coefficient (Wildman–Crippen LogP) is 2.02. The number of rotatable bonds is 5. The Morgan fingerprint density at radius 3 is 2.55 bits per heavy atom. The van der Waals surface area contributed by atoms with E-state index in [-0.39, 0.29) is 6.10 Å². The quantitative estimate of drug-likeness (QED) is 0.476. The summed E-state index contributed by atoms with van der Waals surface area (Å²) in [6, 6.07) is 13.4. The van der Waals surface area contributed by atoms with E-state index in [1.54, 1.807) is 24.3 Å². The van der Waals surface area contributed by atoms with Crippen LogP contribution in [0.1, 0.15) is 48.2 Å². The van der Waals surface area contributed by atoms with Crippen molar-refractivity contribution in [2.75, 3.05) is 6.54 Å². The van der Waals surface area contributed by atoms with Gasteiger partial charge >= 0.3 is 6.03 Å². The topological polar surface area (TPSA) is 117 Å². The van der Waals surface area contributed by atoms with E-state index in [1.807, 2.05) is 38.1 Å². The molecule has 3 N–H and O–H groups in total. The van der Waals surface area contributed by atoms with Gasteiger partial charge in [0.1, 0.15) is 17.8 Å². The number of imide groups is 1. The normalized spacial score (nSPS) is 19.3. The molecule has 1 aliphatic carbocycles. The Labute approximate surface area is 191 Å². The second-order valence-corrected chi connectivity index (χ2v) is 8.43. The number of carbonyl (C=O) groups excluding carboxylic acids is 4. The molecular formula is C24H26N4O5. The highest BCUT2D eigenvalue weighted by atomic mass is 16.5. The molecule has 1 saturated heterocycles. The lowest BCUT2D eigenvalue weighted by atomic mass is 9.76. The van der Waals surface area contributed by atoms with Gasteiger partial charge in [0.15, 0.2) is 0 Å². The summed E-state index contributed by atoms with van der Waals surface area (Å²) in [4.78, 5) is 51.4. The molecule has 172 valence electrons. The highest BCUT2D eigenvalue weighted by molar-refractivity contribution is 6.09. The average molecular weight is 450 g/mol. The van der Waals surface area contributed by atoms with Gasteiger partial charge in [-0.3, -0.25) is 30.1 Å². The number of nitrogens with one attached hydrogen (secondary N) is 3. The number of ether oxygens (including phenoxy) is 1. The number of nitrogens with zero attached hydrogens (tertiary/aromatic N) is 1. The molecule has 9 nitrogen and oxygen atoms in total. The standard InChI is InChI=1S/C24H26N4O5/c1-15(2)33-18-11-9-17(10-12-18)21(30)27-26-20(29)14-28-22(31)24(25-23(28)32)13-5-7-16-6-3-4-8-19(16)24/h3-4,6,8-12,15H,5,7,13-14H2,1-2H3,(H,25,32)(H,26,29)(H,27,30). The first-order valence-corrected chi connectivity index (χ1v) is 10.9. The molecule has 0 bridgehead atoms. The van der Waals surface area contributed by atoms with Gasteiger partial charge in [-0.2, -0.15) is 0 Å². The first-order valence-electron chi connectivity index (χ1n) is 10.9. The first kappa shape index (κ1) is 22.3. The first-order chi connectivity index (χ1) is 15.8. The number of hydrogen-bond acceptors (Lipinski definition) is 5. The maximum Gasteiger partial charge on any atom is 0.325 e. The number of fused-ring (bicyclic) bond motifs is 2. The Morgan fingerprint density at radius 2 is 1.82 bits per heavy atom. The number of amides is 5. The molecule has 4 rings (SSSR count). The van der Waals surface area contributed by atoms with E-state index in [4.69, 9.17) is 4.74 Å². The number of benzene rings is 2. The smallest absolute Gasteiger partial charge is 0.325 e. The minimum atomic E-state index is -1.14. The van der Waals surface area contributed by atoms with Gasteiger partial charge in [0.05, 0.1) is 6.10 Å². The molecule has 1 atom stereocenters. The Morgan fingerprint density at radius 1 is 1.09 bits per heavy atom. The van der Waals surface area contributed by atoms with Crippen molar-refractivity contribution in [1.29, 1.82) is 0 Å². The van der Waals surface area contributed by atoms with E-state index in [1.165, 1.54) is 0 Å². The van der Waals surface area contributed by atoms with Crippen LogP contribution >= 0.6 is 0 Å². The average Bonchev–Trinajstić information content (AvgIpc) is 3.02. The van der Waals surface area contributed by atoms with Crippen LogP contribution in [0.2, 0.25) is 0 Å². The fourth-order valence-electron chi connectivity index (χ4n) is 4.29. The highest BCUT2D eigenvalue weighted by Gasteiger charge is 2.54. The molecule has 1 unspecified atom stereocenters. The minimum absolute atomic E-state index is 0.00990. The van der Waals surface area contributed by atoms with Gasteiger partial charge in [-0.1, -0.05) is 24.3 Å². The lowest BCUT2D eigenvalue weighted by molar-refractivity contribution is -0.135. The summed E-state index contributed by atoms with van der Waals surface area (Å²) in [5, 5.41) is 2.80. The highest BCUT2D eigenvalue weighted by Crippen LogP contribution is 2.39. The molecule has 1 spiro atoms. The van der Waals surface area contributed by atoms with Crippen LogP contribution in [-0.4, -0.2) is 41.3 Å². The van der Waals surface area contributed by atoms with E-state index >= 15 is 0 Å². The third-order valence-electron chi connectivity index (χ3n) is 5.76. The van der Waals surface area contributed by atoms with Crippen LogP contribution in [0.25, 0.3) is 0 Å². The number of urea groups is 1. The lowest BCUT2D eigenvalue weighted by Crippen LogP contribution is -2.49. The summed E-state index contributed by atoms with van der Waals surface area (Å²) in [6.45, 7) is 3.29. The monoisotopic (exact) mass is 450 g/mol. The second kappa shape index (κ2) is 8.93. The van der Waals surface area contributed by atoms with Gasteiger partial charge in [0.25, 0.3) is 17.7 Å². The SMILES string of the molecule is CC(C)Oc1ccc(C(=O)NNC(=O)CN2C(=O)NC3(CCCc4ccccc43)C2=O)cc1. The van der Waals surface area contributed by atoms with E-state index in [0.29, 0.717) is 17.7 Å². The molecule has 2 aromatic carbocycles. The molecule has 0 radical (unpaired) electrons. The Kier molecular flexibility index (Phi) is 6.04. The summed E-state index contributed by atoms with van der Waals surface area (Å²) in [5.41, 5.74) is 5.53. The van der Waals surface area contributed by atoms with Crippen LogP contribution in [0.3, 0.4) is 0 Å². The maximum atomic E-state index is 13.2. The Balaban J connectivity index is 1.37. The Bertz CT molecular complexity index is 1100. The van der Waals surface area contributed by atoms with Crippen molar-refractivity contribution >= 4 is 23.8 Å². The van der Waals surface area contributed by atoms with Gasteiger partial charge in [-0.25, -0.2) is 4.79 Å². The van der Waals surface area contributed by atoms with Crippen molar-refractivity contribution in [3.8, 4) is 5.75 Å². The summed E-state index contributed by atoms with van der Waals surface area (Å²) in [5.74, 6) is -1.05. The summed E-state index contributed by atoms with van der Waals surface area (Å²) in [6.07, 6.45) is 2.06. The number of hydrogen-bond donors (Lipinski definition) is 3. The van der Waals surface area contributed by atoms with Crippen LogP contribution in [-0.2, 0) is 21.5 Å². The molecule has 9 heteroatoms. The van der Waals surface area contributed by atoms with Gasteiger partial charge in [0.2, 0.25) is 0 Å². The second-order valence-electron chi connectivity index (χ2n) is 8.43. The van der Waals surface area contributed by atoms with E-state index in [0.717, 1.165) is 28.9 Å². The Hall–Kier alpha value is -3.88. The largest absolute Gasteiger partial charge is 0.491 e. The van der Waals surface area contributed by atoms with Crippen molar-refractivity contribution in [2.24, 2.45) is 0 Å². The van der Waals surface area contributed by atoms with Crippen LogP contribution in [0, 0.1) is 0 Å². The van der Waals surface area contributed by atoms with Crippen molar-refractivity contribution in [2.45, 2.75) is 44.8 Å². The van der Waals surface area contributed by atoms with E-state index in [9.17, 15) is 19.2 Å². The zero-order valence-corrected chi connectivity index (χ0v) is 18.5. The molecular weight excluding hydrogens is 424 g/mol. The number of aryl methyl sites for hydroxylation is 1. The maximum absolute atomic E-state index is 13.2. The summed E-state index contributed by atoms with van der Waals surface area (Å²) in [7, 11) is 0. The molecule has 2 aliphatic rings. The van der Waals surface area contributed by atoms with Crippen molar-refractivity contribution in [3.05, 3.63) is 65.2 Å². The van der Waals surface area contributed by atoms with Gasteiger partial charge in [0, 0.05) is 5.56 Å². The third kappa shape index (κ3) is 4.39. The van der Waals surface area contributed by atoms with Crippen LogP contribution < -0.4 is 20.9 Å². The summed E-state index contributed by atoms with van der Waals surface area (Å²) >= 11 is 0. The van der Waals surface area contributed by atoms with Crippen LogP contribution in [0.4, 0.5) is 4.79 Å². The molecule has 0 aromatic heterocycles. The van der Waals surface area contributed by atoms with Gasteiger partial charge in [-0.15, -0.1) is 0 Å². The zero-order valence-electron chi connectivity index (χ0n) is 18.5. The summed E-state index contributed by atoms with van der Waals surface area (Å²) < 4.78 is 5.53. The van der Waals surface area contributed by atoms with Crippen LogP contribution in [0.5, 0.6) is 5.75 Å². The lowest BCUT2D eigenvalue weighted by Gasteiger charge is -2.33. The molecule has 1 aliphatic heterocycles. The zero-order chi connectivity index (χ0) is 23.6. The number of carbonyl (C=O) groups is 4. The molecule has 1 heterocycles. The minimum Gasteiger partial charge on any atom is -0.491 e. The number of hydrazine groups is 1.